The summed E-state index contributed by atoms with van der Waals surface area (Å²) in [5.41, 5.74) is 3.55. The molecule has 92 valence electrons. The van der Waals surface area contributed by atoms with Gasteiger partial charge in [0.05, 0.1) is 18.5 Å². The summed E-state index contributed by atoms with van der Waals surface area (Å²) in [5, 5.41) is 0. The van der Waals surface area contributed by atoms with Crippen LogP contribution in [-0.4, -0.2) is 11.7 Å². The Morgan fingerprint density at radius 2 is 2.00 bits per heavy atom. The van der Waals surface area contributed by atoms with Gasteiger partial charge in [-0.1, -0.05) is 24.3 Å². The second-order valence-corrected chi connectivity index (χ2v) is 4.52. The van der Waals surface area contributed by atoms with Gasteiger partial charge in [-0.25, -0.2) is 0 Å². The predicted molar refractivity (Wildman–Crippen MR) is 70.7 cm³/mol. The largest absolute Gasteiger partial charge is 0.275 e. The average molecular weight is 261 g/mol. The third-order valence-electron chi connectivity index (χ3n) is 2.63. The van der Waals surface area contributed by atoms with Crippen molar-refractivity contribution < 1.29 is 8.96 Å². The highest BCUT2D eigenvalue weighted by Gasteiger charge is 2.02. The smallest absolute Gasteiger partial charge is 0.160 e. The van der Waals surface area contributed by atoms with Crippen LogP contribution in [0.3, 0.4) is 0 Å². The zero-order valence-corrected chi connectivity index (χ0v) is 10.7. The molecule has 1 heterocycles. The van der Waals surface area contributed by atoms with E-state index in [0.29, 0.717) is 12.6 Å². The zero-order chi connectivity index (χ0) is 12.8. The highest BCUT2D eigenvalue weighted by molar-refractivity contribution is 7.22. The molecule has 0 atom stereocenters. The number of rotatable bonds is 5. The van der Waals surface area contributed by atoms with Gasteiger partial charge in [-0.3, -0.25) is 13.9 Å². The second kappa shape index (κ2) is 6.36. The van der Waals surface area contributed by atoms with Crippen molar-refractivity contribution in [3.8, 4) is 11.3 Å². The molecule has 0 saturated carbocycles. The fraction of sp³-hybridized carbons (Fsp3) is 0.214. The molecule has 0 aliphatic carbocycles. The van der Waals surface area contributed by atoms with Crippen LogP contribution in [0.1, 0.15) is 11.3 Å². The lowest BCUT2D eigenvalue weighted by Crippen LogP contribution is -1.93. The highest BCUT2D eigenvalue weighted by atomic mass is 31.1. The van der Waals surface area contributed by atoms with Gasteiger partial charge < -0.3 is 0 Å². The van der Waals surface area contributed by atoms with Gasteiger partial charge in [0.2, 0.25) is 0 Å². The van der Waals surface area contributed by atoms with E-state index in [1.807, 2.05) is 42.5 Å². The van der Waals surface area contributed by atoms with Crippen molar-refractivity contribution in [2.24, 2.45) is 0 Å². The van der Waals surface area contributed by atoms with Gasteiger partial charge in [0, 0.05) is 17.7 Å². The molecule has 0 aliphatic rings. The number of alkyl halides is 1. The SMILES string of the molecule is O=PCc1cccc(-c2cccc(CCF)n2)c1. The minimum absolute atomic E-state index is 0.108. The van der Waals surface area contributed by atoms with Crippen LogP contribution in [0.25, 0.3) is 11.3 Å². The minimum atomic E-state index is -0.397. The molecule has 18 heavy (non-hydrogen) atoms. The molecule has 0 bridgehead atoms. The molecule has 0 fully saturated rings. The third kappa shape index (κ3) is 3.21. The highest BCUT2D eigenvalue weighted by Crippen LogP contribution is 2.20. The Hall–Kier alpha value is -1.60. The standard InChI is InChI=1S/C14H13FNOP/c15-8-7-13-5-2-6-14(16-13)12-4-1-3-11(9-12)10-18-17/h1-6,9H,7-8,10H2. The fourth-order valence-corrected chi connectivity index (χ4v) is 2.13. The summed E-state index contributed by atoms with van der Waals surface area (Å²) in [7, 11) is 0.108. The van der Waals surface area contributed by atoms with Crippen LogP contribution < -0.4 is 0 Å². The summed E-state index contributed by atoms with van der Waals surface area (Å²) in [6, 6.07) is 13.4. The first-order valence-corrected chi connectivity index (χ1v) is 6.73. The van der Waals surface area contributed by atoms with Gasteiger partial charge in [-0.2, -0.15) is 0 Å². The van der Waals surface area contributed by atoms with Gasteiger partial charge in [0.1, 0.15) is 0 Å². The number of hydrogen-bond acceptors (Lipinski definition) is 2. The Balaban J connectivity index is 2.32. The summed E-state index contributed by atoms with van der Waals surface area (Å²) < 4.78 is 22.9. The Labute approximate surface area is 107 Å². The first-order chi connectivity index (χ1) is 8.83. The summed E-state index contributed by atoms with van der Waals surface area (Å²) >= 11 is 0. The molecular formula is C14H13FNOP. The van der Waals surface area contributed by atoms with Crippen LogP contribution in [0.15, 0.2) is 42.5 Å². The first-order valence-electron chi connectivity index (χ1n) is 5.74. The second-order valence-electron chi connectivity index (χ2n) is 3.94. The molecule has 0 unspecified atom stereocenters. The molecule has 0 amide bonds. The first kappa shape index (κ1) is 12.8. The molecule has 1 aromatic carbocycles. The lowest BCUT2D eigenvalue weighted by molar-refractivity contribution is 0.492. The molecule has 0 aliphatic heterocycles. The maximum Gasteiger partial charge on any atom is 0.160 e. The molecule has 2 nitrogen and oxygen atoms in total. The Morgan fingerprint density at radius 1 is 1.17 bits per heavy atom. The number of aryl methyl sites for hydroxylation is 1. The van der Waals surface area contributed by atoms with E-state index in [0.717, 1.165) is 22.5 Å². The van der Waals surface area contributed by atoms with Crippen LogP contribution in [0.5, 0.6) is 0 Å². The fourth-order valence-electron chi connectivity index (χ4n) is 1.78. The summed E-state index contributed by atoms with van der Waals surface area (Å²) in [5.74, 6) is 0. The maximum atomic E-state index is 12.3. The van der Waals surface area contributed by atoms with Crippen molar-refractivity contribution in [2.45, 2.75) is 12.6 Å². The predicted octanol–water partition coefficient (Wildman–Crippen LogP) is 4.05. The molecule has 0 radical (unpaired) electrons. The quantitative estimate of drug-likeness (QED) is 0.760. The lowest BCUT2D eigenvalue weighted by Gasteiger charge is -2.04. The number of hydrogen-bond donors (Lipinski definition) is 0. The number of pyridine rings is 1. The molecule has 2 rings (SSSR count). The topological polar surface area (TPSA) is 30.0 Å². The summed E-state index contributed by atoms with van der Waals surface area (Å²) in [4.78, 5) is 4.41. The molecule has 2 aromatic rings. The number of benzene rings is 1. The molecule has 1 aromatic heterocycles. The molecule has 0 N–H and O–H groups in total. The van der Waals surface area contributed by atoms with Crippen LogP contribution in [0.4, 0.5) is 4.39 Å². The average Bonchev–Trinajstić information content (AvgIpc) is 2.40. The lowest BCUT2D eigenvalue weighted by atomic mass is 10.1. The molecule has 4 heteroatoms. The van der Waals surface area contributed by atoms with Crippen molar-refractivity contribution in [3.63, 3.8) is 0 Å². The van der Waals surface area contributed by atoms with Crippen LogP contribution in [0, 0.1) is 0 Å². The monoisotopic (exact) mass is 261 g/mol. The number of nitrogens with zero attached hydrogens (tertiary/aromatic N) is 1. The Morgan fingerprint density at radius 3 is 2.78 bits per heavy atom. The normalized spacial score (nSPS) is 10.7. The van der Waals surface area contributed by atoms with E-state index >= 15 is 0 Å². The van der Waals surface area contributed by atoms with E-state index in [1.165, 1.54) is 0 Å². The van der Waals surface area contributed by atoms with Gasteiger partial charge in [-0.05, 0) is 23.8 Å². The summed E-state index contributed by atoms with van der Waals surface area (Å²) in [6.45, 7) is -0.397. The van der Waals surface area contributed by atoms with Crippen molar-refractivity contribution >= 4 is 8.46 Å². The molecule has 0 spiro atoms. The van der Waals surface area contributed by atoms with E-state index in [-0.39, 0.29) is 8.46 Å². The van der Waals surface area contributed by atoms with Crippen LogP contribution >= 0.6 is 8.46 Å². The van der Waals surface area contributed by atoms with Crippen LogP contribution in [-0.2, 0) is 17.1 Å². The van der Waals surface area contributed by atoms with E-state index < -0.39 is 6.67 Å². The van der Waals surface area contributed by atoms with Crippen molar-refractivity contribution in [3.05, 3.63) is 53.7 Å². The maximum absolute atomic E-state index is 12.3. The minimum Gasteiger partial charge on any atom is -0.275 e. The Bertz CT molecular complexity index is 545. The van der Waals surface area contributed by atoms with E-state index in [4.69, 9.17) is 0 Å². The number of aromatic nitrogens is 1. The summed E-state index contributed by atoms with van der Waals surface area (Å²) in [6.07, 6.45) is 0.838. The van der Waals surface area contributed by atoms with E-state index in [2.05, 4.69) is 4.98 Å². The van der Waals surface area contributed by atoms with Crippen LogP contribution in [0.2, 0.25) is 0 Å². The molecule has 0 saturated heterocycles. The van der Waals surface area contributed by atoms with Crippen molar-refractivity contribution in [1.29, 1.82) is 0 Å². The van der Waals surface area contributed by atoms with Crippen molar-refractivity contribution in [1.82, 2.24) is 4.98 Å². The zero-order valence-electron chi connectivity index (χ0n) is 9.84. The third-order valence-corrected chi connectivity index (χ3v) is 3.12. The van der Waals surface area contributed by atoms with Crippen molar-refractivity contribution in [2.75, 3.05) is 6.67 Å². The Kier molecular flexibility index (Phi) is 4.54. The van der Waals surface area contributed by atoms with Gasteiger partial charge >= 0.3 is 0 Å². The van der Waals surface area contributed by atoms with Gasteiger partial charge in [0.15, 0.2) is 8.46 Å². The van der Waals surface area contributed by atoms with E-state index in [1.54, 1.807) is 0 Å². The van der Waals surface area contributed by atoms with Gasteiger partial charge in [0.25, 0.3) is 0 Å². The van der Waals surface area contributed by atoms with Gasteiger partial charge in [-0.15, -0.1) is 0 Å². The number of halogens is 1. The molecular weight excluding hydrogens is 248 g/mol. The van der Waals surface area contributed by atoms with E-state index in [9.17, 15) is 8.96 Å².